The van der Waals surface area contributed by atoms with Crippen LogP contribution in [-0.4, -0.2) is 27.8 Å². The largest absolute Gasteiger partial charge is 0.393 e. The van der Waals surface area contributed by atoms with Crippen LogP contribution in [0.4, 0.5) is 5.82 Å². The van der Waals surface area contributed by atoms with Gasteiger partial charge in [-0.2, -0.15) is 0 Å². The molecule has 0 unspecified atom stereocenters. The molecule has 2 aromatic heterocycles. The van der Waals surface area contributed by atoms with Crippen molar-refractivity contribution in [1.29, 1.82) is 0 Å². The number of nitrogens with two attached hydrogens (primary N) is 1. The molecule has 0 spiro atoms. The molecular weight excluding hydrogens is 238 g/mol. The number of hydrogen-bond donors (Lipinski definition) is 2. The highest BCUT2D eigenvalue weighted by Crippen LogP contribution is 2.36. The number of rotatable bonds is 2. The molecule has 0 saturated heterocycles. The lowest BCUT2D eigenvalue weighted by Gasteiger charge is -2.10. The Hall–Kier alpha value is -1.50. The lowest BCUT2D eigenvalue weighted by molar-refractivity contribution is 0.0271. The fourth-order valence-corrected chi connectivity index (χ4v) is 2.88. The van der Waals surface area contributed by atoms with E-state index in [1.807, 2.05) is 17.5 Å². The second-order valence-electron chi connectivity index (χ2n) is 3.78. The predicted molar refractivity (Wildman–Crippen MR) is 65.7 cm³/mol. The molecule has 5 nitrogen and oxygen atoms in total. The van der Waals surface area contributed by atoms with Gasteiger partial charge in [-0.3, -0.25) is 0 Å². The number of aliphatic hydroxyl groups excluding tert-OH is 1. The summed E-state index contributed by atoms with van der Waals surface area (Å²) in [6.07, 6.45) is 4.88. The summed E-state index contributed by atoms with van der Waals surface area (Å²) in [7, 11) is 0. The zero-order valence-electron chi connectivity index (χ0n) is 8.91. The number of nitrogens with zero attached hydrogens (tertiary/aromatic N) is 2. The summed E-state index contributed by atoms with van der Waals surface area (Å²) in [5.74, 6) is 0.484. The molecule has 0 amide bonds. The number of ether oxygens (including phenoxy) is 1. The van der Waals surface area contributed by atoms with Crippen LogP contribution < -0.4 is 5.73 Å². The van der Waals surface area contributed by atoms with Gasteiger partial charge in [0.1, 0.15) is 24.4 Å². The first-order valence-electron chi connectivity index (χ1n) is 5.22. The number of anilines is 1. The van der Waals surface area contributed by atoms with Gasteiger partial charge < -0.3 is 15.6 Å². The van der Waals surface area contributed by atoms with E-state index in [2.05, 4.69) is 9.97 Å². The van der Waals surface area contributed by atoms with Gasteiger partial charge in [0, 0.05) is 5.38 Å². The van der Waals surface area contributed by atoms with Crippen molar-refractivity contribution in [2.75, 3.05) is 12.3 Å². The van der Waals surface area contributed by atoms with Crippen molar-refractivity contribution in [3.05, 3.63) is 28.7 Å². The molecule has 2 aromatic rings. The van der Waals surface area contributed by atoms with Gasteiger partial charge in [0.25, 0.3) is 0 Å². The van der Waals surface area contributed by atoms with Gasteiger partial charge in [-0.1, -0.05) is 12.2 Å². The molecule has 0 saturated carbocycles. The summed E-state index contributed by atoms with van der Waals surface area (Å²) in [6.45, 7) is -0.00652. The number of aliphatic hydroxyl groups is 1. The standard InChI is InChI=1S/C11H11N3O2S/c12-11-7-4-17-10(9(7)13-5-14-11)8-2-1-6(3-15)16-8/h1-2,4-6,8,15H,3H2,(H2,12,13,14)/t6-,8+/m0/s1. The molecule has 1 aliphatic heterocycles. The van der Waals surface area contributed by atoms with Crippen LogP contribution in [0.2, 0.25) is 0 Å². The maximum atomic E-state index is 9.02. The molecule has 1 aliphatic rings. The predicted octanol–water partition coefficient (Wildman–Crippen LogP) is 1.26. The van der Waals surface area contributed by atoms with Crippen LogP contribution >= 0.6 is 11.3 Å². The van der Waals surface area contributed by atoms with E-state index >= 15 is 0 Å². The van der Waals surface area contributed by atoms with Crippen molar-refractivity contribution in [1.82, 2.24) is 9.97 Å². The van der Waals surface area contributed by atoms with Gasteiger partial charge >= 0.3 is 0 Å². The van der Waals surface area contributed by atoms with Crippen molar-refractivity contribution in [3.8, 4) is 0 Å². The van der Waals surface area contributed by atoms with Gasteiger partial charge in [-0.25, -0.2) is 9.97 Å². The van der Waals surface area contributed by atoms with E-state index in [-0.39, 0.29) is 18.8 Å². The highest BCUT2D eigenvalue weighted by Gasteiger charge is 2.24. The third kappa shape index (κ3) is 1.70. The Kier molecular flexibility index (Phi) is 2.54. The SMILES string of the molecule is Nc1ncnc2c([C@H]3C=C[C@@H](CO)O3)scc12. The third-order valence-corrected chi connectivity index (χ3v) is 3.75. The fourth-order valence-electron chi connectivity index (χ4n) is 1.86. The zero-order valence-corrected chi connectivity index (χ0v) is 9.72. The average Bonchev–Trinajstić information content (AvgIpc) is 2.94. The molecule has 0 fully saturated rings. The van der Waals surface area contributed by atoms with Crippen LogP contribution in [0.15, 0.2) is 23.9 Å². The second-order valence-corrected chi connectivity index (χ2v) is 4.69. The van der Waals surface area contributed by atoms with E-state index in [1.54, 1.807) is 11.3 Å². The molecule has 0 aromatic carbocycles. The second kappa shape index (κ2) is 4.06. The van der Waals surface area contributed by atoms with E-state index < -0.39 is 0 Å². The number of hydrogen-bond acceptors (Lipinski definition) is 6. The molecule has 3 rings (SSSR count). The first kappa shape index (κ1) is 10.6. The Balaban J connectivity index is 2.02. The Morgan fingerprint density at radius 2 is 2.29 bits per heavy atom. The van der Waals surface area contributed by atoms with Gasteiger partial charge in [-0.05, 0) is 0 Å². The van der Waals surface area contributed by atoms with Crippen LogP contribution in [0.25, 0.3) is 10.9 Å². The van der Waals surface area contributed by atoms with Crippen molar-refractivity contribution in [2.24, 2.45) is 0 Å². The maximum absolute atomic E-state index is 9.02. The van der Waals surface area contributed by atoms with Crippen molar-refractivity contribution >= 4 is 28.1 Å². The van der Waals surface area contributed by atoms with Gasteiger partial charge in [0.05, 0.1) is 22.4 Å². The molecule has 17 heavy (non-hydrogen) atoms. The van der Waals surface area contributed by atoms with Crippen LogP contribution in [0.1, 0.15) is 11.0 Å². The Morgan fingerprint density at radius 1 is 1.41 bits per heavy atom. The minimum Gasteiger partial charge on any atom is -0.393 e. The molecule has 0 radical (unpaired) electrons. The van der Waals surface area contributed by atoms with E-state index in [9.17, 15) is 0 Å². The summed E-state index contributed by atoms with van der Waals surface area (Å²) >= 11 is 1.55. The Bertz CT molecular complexity index is 581. The zero-order chi connectivity index (χ0) is 11.8. The van der Waals surface area contributed by atoms with Crippen LogP contribution in [0.5, 0.6) is 0 Å². The highest BCUT2D eigenvalue weighted by atomic mass is 32.1. The van der Waals surface area contributed by atoms with Crippen molar-refractivity contribution in [2.45, 2.75) is 12.2 Å². The van der Waals surface area contributed by atoms with E-state index in [4.69, 9.17) is 15.6 Å². The number of nitrogen functional groups attached to an aromatic ring is 1. The molecular formula is C11H11N3O2S. The first-order valence-corrected chi connectivity index (χ1v) is 6.09. The van der Waals surface area contributed by atoms with Gasteiger partial charge in [0.15, 0.2) is 0 Å². The van der Waals surface area contributed by atoms with Gasteiger partial charge in [0.2, 0.25) is 0 Å². The molecule has 0 bridgehead atoms. The lowest BCUT2D eigenvalue weighted by atomic mass is 10.2. The molecule has 2 atom stereocenters. The summed E-state index contributed by atoms with van der Waals surface area (Å²) in [4.78, 5) is 9.19. The maximum Gasteiger partial charge on any atom is 0.135 e. The van der Waals surface area contributed by atoms with Crippen molar-refractivity contribution in [3.63, 3.8) is 0 Å². The van der Waals surface area contributed by atoms with Gasteiger partial charge in [-0.15, -0.1) is 11.3 Å². The van der Waals surface area contributed by atoms with E-state index in [1.165, 1.54) is 6.33 Å². The summed E-state index contributed by atoms with van der Waals surface area (Å²) in [5, 5.41) is 11.8. The quantitative estimate of drug-likeness (QED) is 0.783. The molecule has 3 N–H and O–H groups in total. The van der Waals surface area contributed by atoms with E-state index in [0.29, 0.717) is 5.82 Å². The minimum absolute atomic E-state index is 0.00652. The summed E-state index contributed by atoms with van der Waals surface area (Å²) in [6, 6.07) is 0. The third-order valence-electron chi connectivity index (χ3n) is 2.71. The molecule has 88 valence electrons. The number of aromatic nitrogens is 2. The minimum atomic E-state index is -0.226. The van der Waals surface area contributed by atoms with E-state index in [0.717, 1.165) is 15.8 Å². The molecule has 0 aliphatic carbocycles. The topological polar surface area (TPSA) is 81.3 Å². The van der Waals surface area contributed by atoms with Crippen LogP contribution in [-0.2, 0) is 4.74 Å². The fraction of sp³-hybridized carbons (Fsp3) is 0.273. The molecule has 6 heteroatoms. The Morgan fingerprint density at radius 3 is 3.06 bits per heavy atom. The lowest BCUT2D eigenvalue weighted by Crippen LogP contribution is -2.11. The Labute approximate surface area is 102 Å². The first-order chi connectivity index (χ1) is 8.29. The monoisotopic (exact) mass is 249 g/mol. The number of fused-ring (bicyclic) bond motifs is 1. The number of thiophene rings is 1. The summed E-state index contributed by atoms with van der Waals surface area (Å²) in [5.41, 5.74) is 6.61. The highest BCUT2D eigenvalue weighted by molar-refractivity contribution is 7.11. The molecule has 3 heterocycles. The van der Waals surface area contributed by atoms with Crippen molar-refractivity contribution < 1.29 is 9.84 Å². The smallest absolute Gasteiger partial charge is 0.135 e. The average molecular weight is 249 g/mol. The van der Waals surface area contributed by atoms with Crippen LogP contribution in [0, 0.1) is 0 Å². The normalized spacial score (nSPS) is 23.6. The van der Waals surface area contributed by atoms with Crippen LogP contribution in [0.3, 0.4) is 0 Å². The summed E-state index contributed by atoms with van der Waals surface area (Å²) < 4.78 is 5.65.